The maximum Gasteiger partial charge on any atom is 0.418 e. The van der Waals surface area contributed by atoms with E-state index in [1.165, 1.54) is 24.4 Å². The Morgan fingerprint density at radius 1 is 1.22 bits per heavy atom. The third kappa shape index (κ3) is 4.09. The molecule has 1 aromatic heterocycles. The molecular weight excluding hydrogens is 315 g/mol. The van der Waals surface area contributed by atoms with Gasteiger partial charge in [-0.05, 0) is 18.2 Å². The van der Waals surface area contributed by atoms with E-state index in [1.807, 2.05) is 0 Å². The van der Waals surface area contributed by atoms with Crippen LogP contribution in [0.5, 0.6) is 0 Å². The molecule has 122 valence electrons. The number of carbonyl (C=O) groups excluding carboxylic acids is 1. The van der Waals surface area contributed by atoms with Crippen molar-refractivity contribution in [3.05, 3.63) is 47.8 Å². The third-order valence-corrected chi connectivity index (χ3v) is 2.97. The molecule has 9 heteroatoms. The lowest BCUT2D eigenvalue weighted by atomic mass is 10.1. The smallest absolute Gasteiger partial charge is 0.418 e. The number of nitrogens with one attached hydrogen (secondary N) is 1. The van der Waals surface area contributed by atoms with Crippen molar-refractivity contribution in [2.75, 3.05) is 5.32 Å². The van der Waals surface area contributed by atoms with Crippen molar-refractivity contribution in [1.82, 2.24) is 9.78 Å². The van der Waals surface area contributed by atoms with E-state index in [4.69, 9.17) is 5.11 Å². The van der Waals surface area contributed by atoms with E-state index in [2.05, 4.69) is 10.4 Å². The van der Waals surface area contributed by atoms with Crippen LogP contribution in [0.1, 0.15) is 22.5 Å². The van der Waals surface area contributed by atoms with Crippen molar-refractivity contribution < 1.29 is 27.9 Å². The van der Waals surface area contributed by atoms with E-state index in [9.17, 15) is 22.8 Å². The van der Waals surface area contributed by atoms with Gasteiger partial charge < -0.3 is 10.4 Å². The van der Waals surface area contributed by atoms with Gasteiger partial charge in [-0.15, -0.1) is 0 Å². The number of para-hydroxylation sites is 1. The van der Waals surface area contributed by atoms with Gasteiger partial charge in [-0.1, -0.05) is 12.1 Å². The minimum absolute atomic E-state index is 0.0248. The summed E-state index contributed by atoms with van der Waals surface area (Å²) >= 11 is 0. The standard InChI is InChI=1S/C14H12F3N3O3/c15-14(16,17)9-3-1-2-4-10(9)19-13(23)11-5-7-18-20(11)8-6-12(21)22/h1-5,7H,6,8H2,(H,19,23)(H,21,22). The van der Waals surface area contributed by atoms with Crippen molar-refractivity contribution >= 4 is 17.6 Å². The van der Waals surface area contributed by atoms with Gasteiger partial charge >= 0.3 is 12.1 Å². The summed E-state index contributed by atoms with van der Waals surface area (Å²) in [6, 6.07) is 5.88. The largest absolute Gasteiger partial charge is 0.481 e. The van der Waals surface area contributed by atoms with E-state index in [-0.39, 0.29) is 24.3 Å². The molecule has 0 saturated carbocycles. The lowest BCUT2D eigenvalue weighted by molar-refractivity contribution is -0.138. The topological polar surface area (TPSA) is 84.2 Å². The fourth-order valence-electron chi connectivity index (χ4n) is 1.93. The zero-order chi connectivity index (χ0) is 17.0. The van der Waals surface area contributed by atoms with E-state index >= 15 is 0 Å². The van der Waals surface area contributed by atoms with E-state index < -0.39 is 23.6 Å². The molecule has 0 saturated heterocycles. The first kappa shape index (κ1) is 16.5. The highest BCUT2D eigenvalue weighted by Crippen LogP contribution is 2.34. The van der Waals surface area contributed by atoms with E-state index in [1.54, 1.807) is 0 Å². The number of aryl methyl sites for hydroxylation is 1. The van der Waals surface area contributed by atoms with Crippen LogP contribution in [0.25, 0.3) is 0 Å². The molecule has 0 aliphatic heterocycles. The van der Waals surface area contributed by atoms with Crippen molar-refractivity contribution in [2.24, 2.45) is 0 Å². The molecule has 0 spiro atoms. The second kappa shape index (κ2) is 6.51. The third-order valence-electron chi connectivity index (χ3n) is 2.97. The molecule has 1 amide bonds. The molecule has 1 heterocycles. The number of carbonyl (C=O) groups is 2. The summed E-state index contributed by atoms with van der Waals surface area (Å²) in [5.74, 6) is -1.88. The average Bonchev–Trinajstić information content (AvgIpc) is 2.93. The fourth-order valence-corrected chi connectivity index (χ4v) is 1.93. The monoisotopic (exact) mass is 327 g/mol. The summed E-state index contributed by atoms with van der Waals surface area (Å²) in [5, 5.41) is 14.6. The van der Waals surface area contributed by atoms with Crippen LogP contribution in [0.15, 0.2) is 36.5 Å². The molecule has 0 aliphatic carbocycles. The Morgan fingerprint density at radius 3 is 2.57 bits per heavy atom. The molecule has 1 aromatic carbocycles. The van der Waals surface area contributed by atoms with Gasteiger partial charge in [0.2, 0.25) is 0 Å². The lowest BCUT2D eigenvalue weighted by Gasteiger charge is -2.13. The fraction of sp³-hybridized carbons (Fsp3) is 0.214. The molecule has 0 fully saturated rings. The summed E-state index contributed by atoms with van der Waals surface area (Å²) in [6.45, 7) is -0.0635. The van der Waals surface area contributed by atoms with Crippen molar-refractivity contribution in [1.29, 1.82) is 0 Å². The summed E-state index contributed by atoms with van der Waals surface area (Å²) in [7, 11) is 0. The highest BCUT2D eigenvalue weighted by molar-refractivity contribution is 6.03. The minimum atomic E-state index is -4.60. The minimum Gasteiger partial charge on any atom is -0.481 e. The van der Waals surface area contributed by atoms with Crippen LogP contribution in [-0.4, -0.2) is 26.8 Å². The highest BCUT2D eigenvalue weighted by atomic mass is 19.4. The normalized spacial score (nSPS) is 11.3. The Kier molecular flexibility index (Phi) is 4.68. The van der Waals surface area contributed by atoms with Gasteiger partial charge in [0.05, 0.1) is 24.2 Å². The first-order valence-corrected chi connectivity index (χ1v) is 6.50. The summed E-state index contributed by atoms with van der Waals surface area (Å²) < 4.78 is 39.8. The Balaban J connectivity index is 2.21. The van der Waals surface area contributed by atoms with Crippen LogP contribution >= 0.6 is 0 Å². The molecule has 2 rings (SSSR count). The number of benzene rings is 1. The number of rotatable bonds is 5. The number of hydrogen-bond acceptors (Lipinski definition) is 3. The van der Waals surface area contributed by atoms with Gasteiger partial charge in [0.1, 0.15) is 5.69 Å². The Morgan fingerprint density at radius 2 is 1.91 bits per heavy atom. The number of aliphatic carboxylic acids is 1. The summed E-state index contributed by atoms with van der Waals surface area (Å²) in [4.78, 5) is 22.7. The second-order valence-corrected chi connectivity index (χ2v) is 4.58. The second-order valence-electron chi connectivity index (χ2n) is 4.58. The zero-order valence-electron chi connectivity index (χ0n) is 11.7. The first-order chi connectivity index (χ1) is 10.8. The zero-order valence-corrected chi connectivity index (χ0v) is 11.7. The van der Waals surface area contributed by atoms with Crippen LogP contribution in [0.3, 0.4) is 0 Å². The Labute approximate surface area is 128 Å². The predicted molar refractivity (Wildman–Crippen MR) is 73.9 cm³/mol. The number of amides is 1. The lowest BCUT2D eigenvalue weighted by Crippen LogP contribution is -2.21. The van der Waals surface area contributed by atoms with Crippen LogP contribution in [0.2, 0.25) is 0 Å². The molecule has 2 aromatic rings. The summed E-state index contributed by atoms with van der Waals surface area (Å²) in [6.07, 6.45) is -3.60. The van der Waals surface area contributed by atoms with Crippen LogP contribution in [0.4, 0.5) is 18.9 Å². The van der Waals surface area contributed by atoms with Gasteiger partial charge in [-0.2, -0.15) is 18.3 Å². The van der Waals surface area contributed by atoms with E-state index in [0.717, 1.165) is 16.8 Å². The van der Waals surface area contributed by atoms with Gasteiger partial charge in [0.15, 0.2) is 0 Å². The van der Waals surface area contributed by atoms with Crippen LogP contribution in [0, 0.1) is 0 Å². The Bertz CT molecular complexity index is 725. The van der Waals surface area contributed by atoms with Gasteiger partial charge in [-0.25, -0.2) is 0 Å². The number of aromatic nitrogens is 2. The Hall–Kier alpha value is -2.84. The van der Waals surface area contributed by atoms with Crippen molar-refractivity contribution in [3.63, 3.8) is 0 Å². The number of hydrogen-bond donors (Lipinski definition) is 2. The van der Waals surface area contributed by atoms with Gasteiger partial charge in [0, 0.05) is 6.20 Å². The molecule has 0 radical (unpaired) electrons. The number of carboxylic acid groups (broad SMARTS) is 1. The number of carboxylic acids is 1. The number of nitrogens with zero attached hydrogens (tertiary/aromatic N) is 2. The van der Waals surface area contributed by atoms with Gasteiger partial charge in [-0.3, -0.25) is 14.3 Å². The quantitative estimate of drug-likeness (QED) is 0.884. The maximum absolute atomic E-state index is 12.9. The predicted octanol–water partition coefficient (Wildman–Crippen LogP) is 2.63. The number of halogens is 3. The molecular formula is C14H12F3N3O3. The molecule has 2 N–H and O–H groups in total. The first-order valence-electron chi connectivity index (χ1n) is 6.50. The van der Waals surface area contributed by atoms with Gasteiger partial charge in [0.25, 0.3) is 5.91 Å². The molecule has 0 unspecified atom stereocenters. The van der Waals surface area contributed by atoms with Crippen molar-refractivity contribution in [2.45, 2.75) is 19.1 Å². The SMILES string of the molecule is O=C(O)CCn1nccc1C(=O)Nc1ccccc1C(F)(F)F. The highest BCUT2D eigenvalue weighted by Gasteiger charge is 2.33. The maximum atomic E-state index is 12.9. The van der Waals surface area contributed by atoms with Crippen LogP contribution in [-0.2, 0) is 17.5 Å². The number of alkyl halides is 3. The molecule has 23 heavy (non-hydrogen) atoms. The van der Waals surface area contributed by atoms with Crippen molar-refractivity contribution in [3.8, 4) is 0 Å². The van der Waals surface area contributed by atoms with Crippen LogP contribution < -0.4 is 5.32 Å². The summed E-state index contributed by atoms with van der Waals surface area (Å²) in [5.41, 5.74) is -1.37. The van der Waals surface area contributed by atoms with E-state index in [0.29, 0.717) is 0 Å². The number of anilines is 1. The molecule has 0 atom stereocenters. The average molecular weight is 327 g/mol. The molecule has 0 bridgehead atoms. The molecule has 0 aliphatic rings. The molecule has 6 nitrogen and oxygen atoms in total.